The van der Waals surface area contributed by atoms with E-state index in [9.17, 15) is 4.79 Å². The van der Waals surface area contributed by atoms with Gasteiger partial charge in [-0.2, -0.15) is 0 Å². The molecule has 0 spiro atoms. The summed E-state index contributed by atoms with van der Waals surface area (Å²) in [6.07, 6.45) is 3.91. The molecule has 0 aliphatic carbocycles. The monoisotopic (exact) mass is 522 g/mol. The first-order valence-corrected chi connectivity index (χ1v) is 10.0. The van der Waals surface area contributed by atoms with Crippen LogP contribution in [0.25, 0.3) is 0 Å². The summed E-state index contributed by atoms with van der Waals surface area (Å²) >= 11 is 0. The van der Waals surface area contributed by atoms with E-state index in [0.29, 0.717) is 19.0 Å². The van der Waals surface area contributed by atoms with Gasteiger partial charge in [0.25, 0.3) is 0 Å². The van der Waals surface area contributed by atoms with E-state index in [0.717, 1.165) is 57.3 Å². The Kier molecular flexibility index (Phi) is 12.1. The number of ether oxygens (including phenoxy) is 2. The fraction of sp³-hybridized carbons (Fsp3) is 0.700. The molecule has 2 rings (SSSR count). The Bertz CT molecular complexity index is 596. The van der Waals surface area contributed by atoms with Gasteiger partial charge < -0.3 is 29.8 Å². The molecule has 2 heterocycles. The van der Waals surface area contributed by atoms with Crippen LogP contribution in [0.1, 0.15) is 39.4 Å². The number of furan rings is 1. The number of guanidine groups is 1. The highest BCUT2D eigenvalue weighted by Crippen LogP contribution is 2.12. The lowest BCUT2D eigenvalue weighted by Gasteiger charge is -2.19. The van der Waals surface area contributed by atoms with Crippen molar-refractivity contribution in [2.24, 2.45) is 10.9 Å². The van der Waals surface area contributed by atoms with Crippen molar-refractivity contribution < 1.29 is 18.7 Å². The molecule has 29 heavy (non-hydrogen) atoms. The van der Waals surface area contributed by atoms with Crippen molar-refractivity contribution in [3.63, 3.8) is 0 Å². The van der Waals surface area contributed by atoms with Crippen LogP contribution in [0.4, 0.5) is 4.79 Å². The molecular formula is C20H35IN4O4. The van der Waals surface area contributed by atoms with Crippen LogP contribution in [0, 0.1) is 5.92 Å². The van der Waals surface area contributed by atoms with Gasteiger partial charge in [0.15, 0.2) is 5.96 Å². The number of hydrogen-bond donors (Lipinski definition) is 3. The van der Waals surface area contributed by atoms with Gasteiger partial charge in [-0.15, -0.1) is 24.0 Å². The van der Waals surface area contributed by atoms with Crippen molar-refractivity contribution in [3.8, 4) is 0 Å². The van der Waals surface area contributed by atoms with Gasteiger partial charge >= 0.3 is 6.09 Å². The van der Waals surface area contributed by atoms with Gasteiger partial charge in [-0.05, 0) is 45.7 Å². The number of hydrogen-bond acceptors (Lipinski definition) is 5. The van der Waals surface area contributed by atoms with Crippen molar-refractivity contribution in [1.82, 2.24) is 16.0 Å². The molecule has 0 saturated carbocycles. The number of carbonyl (C=O) groups is 1. The topological polar surface area (TPSA) is 97.1 Å². The lowest BCUT2D eigenvalue weighted by atomic mass is 10.1. The third kappa shape index (κ3) is 11.9. The molecule has 1 aliphatic heterocycles. The maximum Gasteiger partial charge on any atom is 0.407 e. The molecule has 1 amide bonds. The zero-order valence-electron chi connectivity index (χ0n) is 17.7. The van der Waals surface area contributed by atoms with Gasteiger partial charge in [-0.1, -0.05) is 0 Å². The summed E-state index contributed by atoms with van der Waals surface area (Å²) < 4.78 is 16.0. The predicted molar refractivity (Wildman–Crippen MR) is 124 cm³/mol. The molecule has 166 valence electrons. The standard InChI is InChI=1S/C20H34N4O4.HI/c1-20(2,3)28-19(25)23-10-5-9-21-18(24-14-16-8-13-26-15-16)22-11-7-17-6-4-12-27-17;/h4,6,12,16H,5,7-11,13-15H2,1-3H3,(H,23,25)(H2,21,22,24);1H. The largest absolute Gasteiger partial charge is 0.469 e. The van der Waals surface area contributed by atoms with Crippen LogP contribution in [0.15, 0.2) is 27.8 Å². The molecule has 8 nitrogen and oxygen atoms in total. The third-order valence-electron chi connectivity index (χ3n) is 4.09. The lowest BCUT2D eigenvalue weighted by molar-refractivity contribution is 0.0527. The Morgan fingerprint density at radius 3 is 2.66 bits per heavy atom. The number of nitrogens with one attached hydrogen (secondary N) is 3. The Labute approximate surface area is 190 Å². The minimum atomic E-state index is -0.482. The Hall–Kier alpha value is -1.49. The maximum atomic E-state index is 11.6. The zero-order chi connectivity index (χ0) is 20.2. The highest BCUT2D eigenvalue weighted by atomic mass is 127. The first-order chi connectivity index (χ1) is 13.4. The van der Waals surface area contributed by atoms with Gasteiger partial charge in [0.05, 0.1) is 12.9 Å². The van der Waals surface area contributed by atoms with Crippen LogP contribution >= 0.6 is 24.0 Å². The first-order valence-electron chi connectivity index (χ1n) is 10.0. The summed E-state index contributed by atoms with van der Waals surface area (Å²) in [6, 6.07) is 3.85. The minimum Gasteiger partial charge on any atom is -0.469 e. The van der Waals surface area contributed by atoms with Crippen LogP contribution in [0.3, 0.4) is 0 Å². The zero-order valence-corrected chi connectivity index (χ0v) is 20.0. The Morgan fingerprint density at radius 1 is 1.24 bits per heavy atom. The van der Waals surface area contributed by atoms with Crippen molar-refractivity contribution >= 4 is 36.0 Å². The van der Waals surface area contributed by atoms with E-state index in [1.807, 2.05) is 32.9 Å². The molecule has 1 fully saturated rings. The number of rotatable bonds is 9. The SMILES string of the molecule is CC(C)(C)OC(=O)NCCCNC(=NCC1CCOC1)NCCc1ccco1.I. The number of alkyl carbamates (subject to hydrolysis) is 1. The molecule has 0 aromatic carbocycles. The van der Waals surface area contributed by atoms with E-state index in [1.54, 1.807) is 6.26 Å². The van der Waals surface area contributed by atoms with Crippen molar-refractivity contribution in [2.75, 3.05) is 39.4 Å². The van der Waals surface area contributed by atoms with Crippen molar-refractivity contribution in [3.05, 3.63) is 24.2 Å². The summed E-state index contributed by atoms with van der Waals surface area (Å²) in [7, 11) is 0. The summed E-state index contributed by atoms with van der Waals surface area (Å²) in [5.74, 6) is 2.20. The highest BCUT2D eigenvalue weighted by molar-refractivity contribution is 14.0. The molecule has 9 heteroatoms. The van der Waals surface area contributed by atoms with Crippen molar-refractivity contribution in [1.29, 1.82) is 0 Å². The molecular weight excluding hydrogens is 487 g/mol. The second-order valence-corrected chi connectivity index (χ2v) is 7.88. The predicted octanol–water partition coefficient (Wildman–Crippen LogP) is 2.93. The number of carbonyl (C=O) groups excluding carboxylic acids is 1. The molecule has 1 aromatic heterocycles. The third-order valence-corrected chi connectivity index (χ3v) is 4.09. The first kappa shape index (κ1) is 25.5. The van der Waals surface area contributed by atoms with E-state index >= 15 is 0 Å². The van der Waals surface area contributed by atoms with E-state index in [2.05, 4.69) is 20.9 Å². The Balaban J connectivity index is 0.00000420. The molecule has 3 N–H and O–H groups in total. The summed E-state index contributed by atoms with van der Waals surface area (Å²) in [6.45, 7) is 9.86. The van der Waals surface area contributed by atoms with E-state index in [4.69, 9.17) is 13.9 Å². The van der Waals surface area contributed by atoms with Crippen LogP contribution in [-0.4, -0.2) is 57.0 Å². The lowest BCUT2D eigenvalue weighted by Crippen LogP contribution is -2.40. The molecule has 1 aliphatic rings. The minimum absolute atomic E-state index is 0. The summed E-state index contributed by atoms with van der Waals surface area (Å²) in [5, 5.41) is 9.42. The molecule has 0 bridgehead atoms. The normalized spacial score (nSPS) is 16.8. The molecule has 0 radical (unpaired) electrons. The van der Waals surface area contributed by atoms with E-state index in [1.165, 1.54) is 0 Å². The fourth-order valence-corrected chi connectivity index (χ4v) is 2.68. The van der Waals surface area contributed by atoms with Gasteiger partial charge in [-0.3, -0.25) is 4.99 Å². The van der Waals surface area contributed by atoms with Crippen LogP contribution in [0.5, 0.6) is 0 Å². The maximum absolute atomic E-state index is 11.6. The van der Waals surface area contributed by atoms with Crippen LogP contribution in [0.2, 0.25) is 0 Å². The van der Waals surface area contributed by atoms with Crippen molar-refractivity contribution in [2.45, 2.75) is 45.6 Å². The average Bonchev–Trinajstić information content (AvgIpc) is 3.31. The van der Waals surface area contributed by atoms with Gasteiger partial charge in [0, 0.05) is 45.1 Å². The Morgan fingerprint density at radius 2 is 2.00 bits per heavy atom. The average molecular weight is 522 g/mol. The van der Waals surface area contributed by atoms with Gasteiger partial charge in [-0.25, -0.2) is 4.79 Å². The number of nitrogens with zero attached hydrogens (tertiary/aromatic N) is 1. The molecule has 1 atom stereocenters. The summed E-state index contributed by atoms with van der Waals surface area (Å²) in [4.78, 5) is 16.3. The number of halogens is 1. The van der Waals surface area contributed by atoms with Crippen LogP contribution < -0.4 is 16.0 Å². The second-order valence-electron chi connectivity index (χ2n) is 7.88. The molecule has 1 unspecified atom stereocenters. The van der Waals surface area contributed by atoms with E-state index < -0.39 is 5.60 Å². The molecule has 1 aromatic rings. The molecule has 1 saturated heterocycles. The fourth-order valence-electron chi connectivity index (χ4n) is 2.68. The quantitative estimate of drug-likeness (QED) is 0.200. The number of amides is 1. The second kappa shape index (κ2) is 13.7. The van der Waals surface area contributed by atoms with Gasteiger partial charge in [0.1, 0.15) is 11.4 Å². The highest BCUT2D eigenvalue weighted by Gasteiger charge is 2.16. The van der Waals surface area contributed by atoms with Crippen LogP contribution in [-0.2, 0) is 15.9 Å². The number of aliphatic imine (C=N–C) groups is 1. The van der Waals surface area contributed by atoms with Gasteiger partial charge in [0.2, 0.25) is 0 Å². The van der Waals surface area contributed by atoms with E-state index in [-0.39, 0.29) is 30.1 Å². The smallest absolute Gasteiger partial charge is 0.407 e. The summed E-state index contributed by atoms with van der Waals surface area (Å²) in [5.41, 5.74) is -0.482.